The normalized spacial score (nSPS) is 16.5. The van der Waals surface area contributed by atoms with E-state index in [4.69, 9.17) is 0 Å². The lowest BCUT2D eigenvalue weighted by molar-refractivity contribution is -0.109. The molecule has 3 heteroatoms. The zero-order chi connectivity index (χ0) is 9.02. The van der Waals surface area contributed by atoms with Crippen LogP contribution in [0.3, 0.4) is 0 Å². The first kappa shape index (κ1) is 11.0. The van der Waals surface area contributed by atoms with Crippen molar-refractivity contribution < 1.29 is 4.79 Å². The van der Waals surface area contributed by atoms with Gasteiger partial charge in [0.1, 0.15) is 0 Å². The molecule has 0 heterocycles. The Bertz CT molecular complexity index is 136. The van der Waals surface area contributed by atoms with Crippen LogP contribution in [-0.4, -0.2) is 35.4 Å². The molecule has 0 saturated carbocycles. The fourth-order valence-corrected chi connectivity index (χ4v) is 1.74. The van der Waals surface area contributed by atoms with E-state index in [2.05, 4.69) is 18.7 Å². The second-order valence-electron chi connectivity index (χ2n) is 3.02. The van der Waals surface area contributed by atoms with E-state index in [9.17, 15) is 4.79 Å². The molecule has 0 rings (SSSR count). The molecular weight excluding hydrogens is 158 g/mol. The molecule has 0 aliphatic carbocycles. The van der Waals surface area contributed by atoms with Gasteiger partial charge in [0.25, 0.3) is 0 Å². The number of thioether (sulfide) groups is 1. The van der Waals surface area contributed by atoms with E-state index in [0.29, 0.717) is 11.3 Å². The molecule has 0 aromatic heterocycles. The van der Waals surface area contributed by atoms with Gasteiger partial charge in [-0.1, -0.05) is 18.7 Å². The Morgan fingerprint density at radius 3 is 2.09 bits per heavy atom. The van der Waals surface area contributed by atoms with E-state index in [-0.39, 0.29) is 5.12 Å². The first-order valence-electron chi connectivity index (χ1n) is 3.78. The van der Waals surface area contributed by atoms with Gasteiger partial charge in [-0.2, -0.15) is 0 Å². The lowest BCUT2D eigenvalue weighted by Crippen LogP contribution is -2.33. The van der Waals surface area contributed by atoms with Crippen molar-refractivity contribution in [3.63, 3.8) is 0 Å². The summed E-state index contributed by atoms with van der Waals surface area (Å²) in [5.74, 6) is 0. The van der Waals surface area contributed by atoms with Gasteiger partial charge >= 0.3 is 0 Å². The third-order valence-corrected chi connectivity index (χ3v) is 2.94. The summed E-state index contributed by atoms with van der Waals surface area (Å²) in [6.07, 6.45) is 0. The number of rotatable bonds is 3. The van der Waals surface area contributed by atoms with Crippen molar-refractivity contribution in [2.75, 3.05) is 14.1 Å². The monoisotopic (exact) mass is 175 g/mol. The predicted octanol–water partition coefficient (Wildman–Crippen LogP) is 1.60. The number of hydrogen-bond donors (Lipinski definition) is 0. The van der Waals surface area contributed by atoms with Crippen molar-refractivity contribution in [3.8, 4) is 0 Å². The first-order valence-corrected chi connectivity index (χ1v) is 4.66. The first-order chi connectivity index (χ1) is 4.95. The minimum atomic E-state index is 0.200. The van der Waals surface area contributed by atoms with E-state index >= 15 is 0 Å². The summed E-state index contributed by atoms with van der Waals surface area (Å²) in [5, 5.41) is 0.577. The van der Waals surface area contributed by atoms with Gasteiger partial charge in [-0.15, -0.1) is 0 Å². The number of nitrogens with zero attached hydrogens (tertiary/aromatic N) is 1. The Hall–Kier alpha value is -0.0200. The highest BCUT2D eigenvalue weighted by molar-refractivity contribution is 8.14. The predicted molar refractivity (Wildman–Crippen MR) is 50.9 cm³/mol. The maximum atomic E-state index is 10.7. The van der Waals surface area contributed by atoms with Gasteiger partial charge in [0.05, 0.1) is 0 Å². The van der Waals surface area contributed by atoms with Gasteiger partial charge in [0.15, 0.2) is 5.12 Å². The third-order valence-electron chi connectivity index (χ3n) is 1.85. The second kappa shape index (κ2) is 4.78. The topological polar surface area (TPSA) is 20.3 Å². The Morgan fingerprint density at radius 2 is 1.82 bits per heavy atom. The summed E-state index contributed by atoms with van der Waals surface area (Å²) < 4.78 is 0. The summed E-state index contributed by atoms with van der Waals surface area (Å²) in [7, 11) is 4.06. The molecule has 0 aliphatic heterocycles. The van der Waals surface area contributed by atoms with Crippen molar-refractivity contribution in [1.82, 2.24) is 4.90 Å². The van der Waals surface area contributed by atoms with Crippen molar-refractivity contribution in [3.05, 3.63) is 0 Å². The molecule has 0 saturated heterocycles. The van der Waals surface area contributed by atoms with Crippen LogP contribution in [0.4, 0.5) is 0 Å². The molecule has 0 bridgehead atoms. The third kappa shape index (κ3) is 4.43. The Labute approximate surface area is 73.3 Å². The van der Waals surface area contributed by atoms with E-state index < -0.39 is 0 Å². The number of hydrogen-bond acceptors (Lipinski definition) is 3. The minimum absolute atomic E-state index is 0.200. The van der Waals surface area contributed by atoms with Crippen molar-refractivity contribution >= 4 is 16.9 Å². The fourth-order valence-electron chi connectivity index (χ4n) is 0.780. The van der Waals surface area contributed by atoms with Gasteiger partial charge < -0.3 is 4.90 Å². The lowest BCUT2D eigenvalue weighted by Gasteiger charge is -2.24. The lowest BCUT2D eigenvalue weighted by atomic mass is 10.2. The van der Waals surface area contributed by atoms with Crippen LogP contribution in [0, 0.1) is 0 Å². The maximum Gasteiger partial charge on any atom is 0.186 e. The van der Waals surface area contributed by atoms with E-state index in [1.165, 1.54) is 11.8 Å². The zero-order valence-corrected chi connectivity index (χ0v) is 8.73. The molecule has 0 aliphatic rings. The average molecular weight is 175 g/mol. The maximum absolute atomic E-state index is 10.7. The highest BCUT2D eigenvalue weighted by Crippen LogP contribution is 2.17. The standard InChI is InChI=1S/C8H17NOS/c1-6(9(4)5)7(2)11-8(3)10/h6-7H,1-5H3. The Kier molecular flexibility index (Phi) is 4.77. The molecule has 2 nitrogen and oxygen atoms in total. The smallest absolute Gasteiger partial charge is 0.186 e. The van der Waals surface area contributed by atoms with E-state index in [0.717, 1.165) is 0 Å². The van der Waals surface area contributed by atoms with E-state index in [1.807, 2.05) is 14.1 Å². The molecule has 11 heavy (non-hydrogen) atoms. The largest absolute Gasteiger partial charge is 0.306 e. The Morgan fingerprint density at radius 1 is 1.36 bits per heavy atom. The molecule has 0 radical (unpaired) electrons. The zero-order valence-electron chi connectivity index (χ0n) is 7.92. The quantitative estimate of drug-likeness (QED) is 0.650. The molecule has 2 unspecified atom stereocenters. The average Bonchev–Trinajstić information content (AvgIpc) is 1.84. The van der Waals surface area contributed by atoms with Crippen molar-refractivity contribution in [2.45, 2.75) is 32.1 Å². The van der Waals surface area contributed by atoms with Crippen LogP contribution in [0.25, 0.3) is 0 Å². The van der Waals surface area contributed by atoms with Crippen LogP contribution in [0.1, 0.15) is 20.8 Å². The molecule has 0 spiro atoms. The van der Waals surface area contributed by atoms with Gasteiger partial charge in [-0.25, -0.2) is 0 Å². The SMILES string of the molecule is CC(=O)SC(C)C(C)N(C)C. The minimum Gasteiger partial charge on any atom is -0.306 e. The van der Waals surface area contributed by atoms with Gasteiger partial charge in [-0.3, -0.25) is 4.79 Å². The molecule has 0 fully saturated rings. The molecule has 0 N–H and O–H groups in total. The van der Waals surface area contributed by atoms with Crippen LogP contribution < -0.4 is 0 Å². The highest BCUT2D eigenvalue weighted by atomic mass is 32.2. The molecular formula is C8H17NOS. The summed E-state index contributed by atoms with van der Waals surface area (Å²) in [6.45, 7) is 5.82. The molecule has 0 amide bonds. The number of carbonyl (C=O) groups is 1. The van der Waals surface area contributed by atoms with Gasteiger partial charge in [0.2, 0.25) is 0 Å². The van der Waals surface area contributed by atoms with E-state index in [1.54, 1.807) is 6.92 Å². The summed E-state index contributed by atoms with van der Waals surface area (Å²) in [6, 6.07) is 0.448. The molecule has 66 valence electrons. The number of carbonyl (C=O) groups excluding carboxylic acids is 1. The molecule has 2 atom stereocenters. The van der Waals surface area contributed by atoms with Gasteiger partial charge in [-0.05, 0) is 21.0 Å². The van der Waals surface area contributed by atoms with Crippen LogP contribution in [0.2, 0.25) is 0 Å². The summed E-state index contributed by atoms with van der Waals surface area (Å²) in [5.41, 5.74) is 0. The van der Waals surface area contributed by atoms with Gasteiger partial charge in [0, 0.05) is 18.2 Å². The molecule has 0 aromatic rings. The summed E-state index contributed by atoms with van der Waals surface area (Å²) >= 11 is 1.41. The highest BCUT2D eigenvalue weighted by Gasteiger charge is 2.15. The molecule has 0 aromatic carbocycles. The second-order valence-corrected chi connectivity index (χ2v) is 4.57. The van der Waals surface area contributed by atoms with Crippen LogP contribution in [-0.2, 0) is 4.79 Å². The van der Waals surface area contributed by atoms with Crippen LogP contribution >= 0.6 is 11.8 Å². The van der Waals surface area contributed by atoms with Crippen molar-refractivity contribution in [2.24, 2.45) is 0 Å². The van der Waals surface area contributed by atoms with Crippen LogP contribution in [0.15, 0.2) is 0 Å². The van der Waals surface area contributed by atoms with Crippen LogP contribution in [0.5, 0.6) is 0 Å². The fraction of sp³-hybridized carbons (Fsp3) is 0.875. The van der Waals surface area contributed by atoms with Crippen molar-refractivity contribution in [1.29, 1.82) is 0 Å². The summed E-state index contributed by atoms with van der Waals surface area (Å²) in [4.78, 5) is 12.9. The Balaban J connectivity index is 3.82.